The molecule has 3 atom stereocenters. The second-order valence-corrected chi connectivity index (χ2v) is 7.48. The summed E-state index contributed by atoms with van der Waals surface area (Å²) in [5, 5.41) is 10.9. The first-order valence-corrected chi connectivity index (χ1v) is 6.87. The standard InChI is InChI=1S/C14H25NO3/c1-12(2,15(16)17)9-18-11-8-10-6-7-14(11,5)13(10,3)4/h10-11H,6-9H2,1-5H3/t10-,11-,14-/m1/s1. The lowest BCUT2D eigenvalue weighted by Gasteiger charge is -2.39. The third kappa shape index (κ3) is 1.77. The Bertz CT molecular complexity index is 364. The minimum absolute atomic E-state index is 0.185. The normalized spacial score (nSPS) is 38.1. The maximum Gasteiger partial charge on any atom is 0.239 e. The highest BCUT2D eigenvalue weighted by atomic mass is 16.6. The first-order chi connectivity index (χ1) is 8.11. The molecule has 2 aliphatic rings. The number of hydrogen-bond acceptors (Lipinski definition) is 3. The highest BCUT2D eigenvalue weighted by Gasteiger charge is 2.62. The second kappa shape index (κ2) is 3.92. The molecule has 0 aromatic carbocycles. The van der Waals surface area contributed by atoms with Crippen molar-refractivity contribution in [2.45, 2.75) is 65.5 Å². The highest BCUT2D eigenvalue weighted by molar-refractivity contribution is 5.11. The molecular weight excluding hydrogens is 230 g/mol. The quantitative estimate of drug-likeness (QED) is 0.572. The average Bonchev–Trinajstić information content (AvgIpc) is 2.58. The van der Waals surface area contributed by atoms with Crippen molar-refractivity contribution in [1.29, 1.82) is 0 Å². The Kier molecular flexibility index (Phi) is 3.01. The Morgan fingerprint density at radius 3 is 2.39 bits per heavy atom. The van der Waals surface area contributed by atoms with E-state index in [-0.39, 0.29) is 23.0 Å². The van der Waals surface area contributed by atoms with Gasteiger partial charge in [-0.1, -0.05) is 20.8 Å². The monoisotopic (exact) mass is 255 g/mol. The predicted octanol–water partition coefficient (Wildman–Crippen LogP) is 3.27. The molecule has 2 rings (SSSR count). The molecule has 0 aromatic heterocycles. The third-order valence-corrected chi connectivity index (χ3v) is 5.85. The molecule has 18 heavy (non-hydrogen) atoms. The third-order valence-electron chi connectivity index (χ3n) is 5.85. The van der Waals surface area contributed by atoms with Crippen molar-refractivity contribution in [3.63, 3.8) is 0 Å². The maximum atomic E-state index is 10.9. The summed E-state index contributed by atoms with van der Waals surface area (Å²) in [7, 11) is 0. The predicted molar refractivity (Wildman–Crippen MR) is 70.0 cm³/mol. The van der Waals surface area contributed by atoms with Crippen LogP contribution in [0.5, 0.6) is 0 Å². The number of rotatable bonds is 4. The lowest BCUT2D eigenvalue weighted by atomic mass is 9.70. The van der Waals surface area contributed by atoms with E-state index in [1.807, 2.05) is 0 Å². The molecule has 0 radical (unpaired) electrons. The van der Waals surface area contributed by atoms with Crippen molar-refractivity contribution in [3.8, 4) is 0 Å². The Labute approximate surface area is 109 Å². The van der Waals surface area contributed by atoms with Gasteiger partial charge in [0.25, 0.3) is 0 Å². The largest absolute Gasteiger partial charge is 0.370 e. The lowest BCUT2D eigenvalue weighted by Crippen LogP contribution is -2.42. The van der Waals surface area contributed by atoms with Gasteiger partial charge in [0.1, 0.15) is 6.61 Å². The molecule has 0 saturated heterocycles. The van der Waals surface area contributed by atoms with Crippen LogP contribution in [0.2, 0.25) is 0 Å². The van der Waals surface area contributed by atoms with Crippen LogP contribution >= 0.6 is 0 Å². The fourth-order valence-corrected chi connectivity index (χ4v) is 3.74. The maximum absolute atomic E-state index is 10.9. The van der Waals surface area contributed by atoms with E-state index in [1.165, 1.54) is 12.8 Å². The van der Waals surface area contributed by atoms with Gasteiger partial charge in [0.15, 0.2) is 0 Å². The Morgan fingerprint density at radius 2 is 2.00 bits per heavy atom. The van der Waals surface area contributed by atoms with E-state index >= 15 is 0 Å². The molecule has 2 fully saturated rings. The lowest BCUT2D eigenvalue weighted by molar-refractivity contribution is -0.565. The van der Waals surface area contributed by atoms with Gasteiger partial charge in [0.05, 0.1) is 6.10 Å². The zero-order valence-corrected chi connectivity index (χ0v) is 12.2. The molecular formula is C14H25NO3. The number of fused-ring (bicyclic) bond motifs is 2. The molecule has 0 unspecified atom stereocenters. The topological polar surface area (TPSA) is 52.4 Å². The Morgan fingerprint density at radius 1 is 1.39 bits per heavy atom. The molecule has 0 aromatic rings. The smallest absolute Gasteiger partial charge is 0.239 e. The van der Waals surface area contributed by atoms with Crippen LogP contribution in [0.15, 0.2) is 0 Å². The molecule has 2 saturated carbocycles. The van der Waals surface area contributed by atoms with Crippen LogP contribution in [0, 0.1) is 26.9 Å². The SMILES string of the molecule is CC(C)(CO[C@@H]1C[C@H]2CC[C@@]1(C)C2(C)C)[N+](=O)[O-]. The van der Waals surface area contributed by atoms with E-state index in [9.17, 15) is 10.1 Å². The molecule has 0 N–H and O–H groups in total. The van der Waals surface area contributed by atoms with Crippen molar-refractivity contribution in [2.75, 3.05) is 6.61 Å². The molecule has 0 spiro atoms. The van der Waals surface area contributed by atoms with Gasteiger partial charge < -0.3 is 4.74 Å². The fourth-order valence-electron chi connectivity index (χ4n) is 3.74. The minimum atomic E-state index is -0.984. The number of nitro groups is 1. The van der Waals surface area contributed by atoms with Crippen LogP contribution < -0.4 is 0 Å². The molecule has 0 heterocycles. The summed E-state index contributed by atoms with van der Waals surface area (Å²) in [6.45, 7) is 10.4. The summed E-state index contributed by atoms with van der Waals surface area (Å²) in [5.74, 6) is 0.714. The van der Waals surface area contributed by atoms with Gasteiger partial charge in [-0.2, -0.15) is 0 Å². The van der Waals surface area contributed by atoms with E-state index in [4.69, 9.17) is 4.74 Å². The van der Waals surface area contributed by atoms with Gasteiger partial charge in [-0.25, -0.2) is 0 Å². The van der Waals surface area contributed by atoms with Crippen molar-refractivity contribution in [3.05, 3.63) is 10.1 Å². The van der Waals surface area contributed by atoms with E-state index in [1.54, 1.807) is 13.8 Å². The molecule has 0 amide bonds. The van der Waals surface area contributed by atoms with Crippen molar-refractivity contribution in [1.82, 2.24) is 0 Å². The van der Waals surface area contributed by atoms with Gasteiger partial charge in [0, 0.05) is 18.8 Å². The van der Waals surface area contributed by atoms with E-state index in [0.717, 1.165) is 6.42 Å². The summed E-state index contributed by atoms with van der Waals surface area (Å²) >= 11 is 0. The van der Waals surface area contributed by atoms with Crippen LogP contribution in [0.3, 0.4) is 0 Å². The van der Waals surface area contributed by atoms with Gasteiger partial charge >= 0.3 is 0 Å². The average molecular weight is 255 g/mol. The van der Waals surface area contributed by atoms with Crippen LogP contribution in [0.25, 0.3) is 0 Å². The van der Waals surface area contributed by atoms with Crippen molar-refractivity contribution < 1.29 is 9.66 Å². The first kappa shape index (κ1) is 13.8. The van der Waals surface area contributed by atoms with E-state index in [0.29, 0.717) is 11.3 Å². The van der Waals surface area contributed by atoms with Crippen molar-refractivity contribution >= 4 is 0 Å². The van der Waals surface area contributed by atoms with Crippen molar-refractivity contribution in [2.24, 2.45) is 16.7 Å². The summed E-state index contributed by atoms with van der Waals surface area (Å²) in [6.07, 6.45) is 3.72. The number of ether oxygens (including phenoxy) is 1. The van der Waals surface area contributed by atoms with Crippen LogP contribution in [0.1, 0.15) is 53.9 Å². The molecule has 4 nitrogen and oxygen atoms in total. The Hall–Kier alpha value is -0.640. The fraction of sp³-hybridized carbons (Fsp3) is 1.00. The van der Waals surface area contributed by atoms with Gasteiger partial charge in [-0.3, -0.25) is 10.1 Å². The summed E-state index contributed by atoms with van der Waals surface area (Å²) in [5.41, 5.74) is -0.497. The zero-order chi connectivity index (χ0) is 13.8. The first-order valence-electron chi connectivity index (χ1n) is 6.87. The summed E-state index contributed by atoms with van der Waals surface area (Å²) < 4.78 is 5.96. The number of hydrogen-bond donors (Lipinski definition) is 0. The van der Waals surface area contributed by atoms with Gasteiger partial charge in [0.2, 0.25) is 5.54 Å². The minimum Gasteiger partial charge on any atom is -0.370 e. The second-order valence-electron chi connectivity index (χ2n) is 7.48. The van der Waals surface area contributed by atoms with Crippen LogP contribution in [0.4, 0.5) is 0 Å². The molecule has 4 heteroatoms. The summed E-state index contributed by atoms with van der Waals surface area (Å²) in [4.78, 5) is 10.7. The molecule has 2 bridgehead atoms. The van der Waals surface area contributed by atoms with Crippen LogP contribution in [-0.4, -0.2) is 23.2 Å². The van der Waals surface area contributed by atoms with E-state index < -0.39 is 5.54 Å². The van der Waals surface area contributed by atoms with Gasteiger partial charge in [-0.05, 0) is 36.0 Å². The molecule has 104 valence electrons. The Balaban J connectivity index is 2.04. The molecule has 0 aliphatic heterocycles. The highest BCUT2D eigenvalue weighted by Crippen LogP contribution is 2.66. The van der Waals surface area contributed by atoms with Gasteiger partial charge in [-0.15, -0.1) is 0 Å². The summed E-state index contributed by atoms with van der Waals surface area (Å²) in [6, 6.07) is 0. The molecule has 2 aliphatic carbocycles. The van der Waals surface area contributed by atoms with E-state index in [2.05, 4.69) is 20.8 Å². The zero-order valence-electron chi connectivity index (χ0n) is 12.2. The van der Waals surface area contributed by atoms with Crippen LogP contribution in [-0.2, 0) is 4.74 Å². The number of nitrogens with zero attached hydrogens (tertiary/aromatic N) is 1.